The van der Waals surface area contributed by atoms with Gasteiger partial charge in [0.2, 0.25) is 5.91 Å². The van der Waals surface area contributed by atoms with Crippen LogP contribution in [0.15, 0.2) is 30.3 Å². The van der Waals surface area contributed by atoms with Crippen LogP contribution in [0.5, 0.6) is 0 Å². The van der Waals surface area contributed by atoms with Gasteiger partial charge in [0.05, 0.1) is 6.04 Å². The molecule has 1 aliphatic heterocycles. The summed E-state index contributed by atoms with van der Waals surface area (Å²) in [5.41, 5.74) is 0.909. The van der Waals surface area contributed by atoms with E-state index in [1.807, 2.05) is 37.3 Å². The molecule has 4 nitrogen and oxygen atoms in total. The van der Waals surface area contributed by atoms with Gasteiger partial charge in [-0.15, -0.1) is 0 Å². The molecule has 1 aromatic rings. The molecule has 16 heavy (non-hydrogen) atoms. The van der Waals surface area contributed by atoms with Crippen molar-refractivity contribution < 1.29 is 14.3 Å². The van der Waals surface area contributed by atoms with E-state index < -0.39 is 6.09 Å². The van der Waals surface area contributed by atoms with E-state index in [1.165, 1.54) is 6.92 Å². The van der Waals surface area contributed by atoms with Gasteiger partial charge in [-0.25, -0.2) is 9.69 Å². The number of rotatable bonds is 1. The van der Waals surface area contributed by atoms with Gasteiger partial charge in [-0.05, 0) is 12.5 Å². The summed E-state index contributed by atoms with van der Waals surface area (Å²) in [7, 11) is 0. The van der Waals surface area contributed by atoms with Crippen molar-refractivity contribution in [1.29, 1.82) is 0 Å². The van der Waals surface area contributed by atoms with Crippen LogP contribution in [0.1, 0.15) is 25.5 Å². The van der Waals surface area contributed by atoms with E-state index in [0.29, 0.717) is 0 Å². The first-order chi connectivity index (χ1) is 7.61. The second kappa shape index (κ2) is 3.96. The van der Waals surface area contributed by atoms with Crippen molar-refractivity contribution in [3.05, 3.63) is 35.9 Å². The maximum atomic E-state index is 11.5. The standard InChI is InChI=1S/C12H13NO3/c1-8-11(10-6-4-3-5-7-10)16-12(15)13(8)9(2)14/h3-8,11H,1-2H3. The molecule has 84 valence electrons. The fraction of sp³-hybridized carbons (Fsp3) is 0.333. The number of carbonyl (C=O) groups excluding carboxylic acids is 2. The highest BCUT2D eigenvalue weighted by Crippen LogP contribution is 2.31. The first kappa shape index (κ1) is 10.7. The van der Waals surface area contributed by atoms with Crippen molar-refractivity contribution in [2.45, 2.75) is 26.0 Å². The van der Waals surface area contributed by atoms with Crippen LogP contribution in [-0.4, -0.2) is 22.9 Å². The van der Waals surface area contributed by atoms with Gasteiger partial charge in [-0.3, -0.25) is 4.79 Å². The summed E-state index contributed by atoms with van der Waals surface area (Å²) in [6.07, 6.45) is -0.925. The van der Waals surface area contributed by atoms with Gasteiger partial charge in [0.1, 0.15) is 6.10 Å². The van der Waals surface area contributed by atoms with Gasteiger partial charge >= 0.3 is 6.09 Å². The molecule has 0 bridgehead atoms. The van der Waals surface area contributed by atoms with Crippen molar-refractivity contribution in [2.24, 2.45) is 0 Å². The monoisotopic (exact) mass is 219 g/mol. The summed E-state index contributed by atoms with van der Waals surface area (Å²) in [5.74, 6) is -0.282. The average molecular weight is 219 g/mol. The van der Waals surface area contributed by atoms with E-state index in [-0.39, 0.29) is 18.1 Å². The Hall–Kier alpha value is -1.84. The van der Waals surface area contributed by atoms with Crippen molar-refractivity contribution >= 4 is 12.0 Å². The molecule has 0 N–H and O–H groups in total. The summed E-state index contributed by atoms with van der Waals surface area (Å²) in [6.45, 7) is 3.18. The molecule has 0 spiro atoms. The zero-order valence-electron chi connectivity index (χ0n) is 9.21. The second-order valence-electron chi connectivity index (χ2n) is 3.84. The number of ether oxygens (including phenoxy) is 1. The lowest BCUT2D eigenvalue weighted by Crippen LogP contribution is -2.35. The van der Waals surface area contributed by atoms with Crippen LogP contribution in [0.25, 0.3) is 0 Å². The number of amides is 2. The predicted molar refractivity (Wildman–Crippen MR) is 57.6 cm³/mol. The lowest BCUT2D eigenvalue weighted by molar-refractivity contribution is -0.126. The van der Waals surface area contributed by atoms with Gasteiger partial charge < -0.3 is 4.74 Å². The maximum Gasteiger partial charge on any atom is 0.417 e. The molecule has 1 heterocycles. The quantitative estimate of drug-likeness (QED) is 0.726. The Labute approximate surface area is 93.8 Å². The van der Waals surface area contributed by atoms with Crippen molar-refractivity contribution in [3.63, 3.8) is 0 Å². The Bertz CT molecular complexity index is 416. The molecular formula is C12H13NO3. The highest BCUT2D eigenvalue weighted by atomic mass is 16.6. The average Bonchev–Trinajstić information content (AvgIpc) is 2.55. The van der Waals surface area contributed by atoms with Gasteiger partial charge in [-0.2, -0.15) is 0 Å². The van der Waals surface area contributed by atoms with Gasteiger partial charge in [0.15, 0.2) is 0 Å². The zero-order chi connectivity index (χ0) is 11.7. The van der Waals surface area contributed by atoms with E-state index >= 15 is 0 Å². The number of cyclic esters (lactones) is 1. The Balaban J connectivity index is 2.27. The molecule has 2 unspecified atom stereocenters. The molecule has 4 heteroatoms. The third kappa shape index (κ3) is 1.66. The minimum absolute atomic E-state index is 0.257. The molecule has 2 amide bonds. The van der Waals surface area contributed by atoms with Crippen LogP contribution in [-0.2, 0) is 9.53 Å². The summed E-state index contributed by atoms with van der Waals surface area (Å²) < 4.78 is 5.20. The Morgan fingerprint density at radius 3 is 2.44 bits per heavy atom. The molecule has 0 saturated carbocycles. The van der Waals surface area contributed by atoms with Crippen molar-refractivity contribution in [2.75, 3.05) is 0 Å². The molecule has 1 aromatic carbocycles. The predicted octanol–water partition coefficient (Wildman–Crippen LogP) is 2.11. The number of carbonyl (C=O) groups is 2. The maximum absolute atomic E-state index is 11.5. The smallest absolute Gasteiger partial charge is 0.417 e. The van der Waals surface area contributed by atoms with Crippen LogP contribution in [0, 0.1) is 0 Å². The van der Waals surface area contributed by atoms with E-state index in [2.05, 4.69) is 0 Å². The van der Waals surface area contributed by atoms with Crippen LogP contribution >= 0.6 is 0 Å². The number of hydrogen-bond acceptors (Lipinski definition) is 3. The van der Waals surface area contributed by atoms with E-state index in [1.54, 1.807) is 0 Å². The molecular weight excluding hydrogens is 206 g/mol. The molecule has 2 rings (SSSR count). The second-order valence-corrected chi connectivity index (χ2v) is 3.84. The minimum atomic E-state index is -0.561. The SMILES string of the molecule is CC(=O)N1C(=O)OC(c2ccccc2)C1C. The largest absolute Gasteiger partial charge is 0.439 e. The van der Waals surface area contributed by atoms with Gasteiger partial charge in [-0.1, -0.05) is 30.3 Å². The topological polar surface area (TPSA) is 46.6 Å². The fourth-order valence-electron chi connectivity index (χ4n) is 1.97. The molecule has 1 fully saturated rings. The summed E-state index contributed by atoms with van der Waals surface area (Å²) >= 11 is 0. The first-order valence-electron chi connectivity index (χ1n) is 5.16. The molecule has 0 aromatic heterocycles. The Kier molecular flexibility index (Phi) is 2.64. The molecule has 0 radical (unpaired) electrons. The summed E-state index contributed by atoms with van der Waals surface area (Å²) in [4.78, 5) is 23.9. The molecule has 1 aliphatic rings. The number of nitrogens with zero attached hydrogens (tertiary/aromatic N) is 1. The number of imide groups is 1. The van der Waals surface area contributed by atoms with E-state index in [9.17, 15) is 9.59 Å². The Morgan fingerprint density at radius 1 is 1.31 bits per heavy atom. The van der Waals surface area contributed by atoms with Gasteiger partial charge in [0, 0.05) is 6.92 Å². The van der Waals surface area contributed by atoms with Crippen molar-refractivity contribution in [1.82, 2.24) is 4.90 Å². The van der Waals surface area contributed by atoms with Crippen LogP contribution < -0.4 is 0 Å². The number of hydrogen-bond donors (Lipinski definition) is 0. The highest BCUT2D eigenvalue weighted by molar-refractivity contribution is 5.92. The van der Waals surface area contributed by atoms with Crippen LogP contribution in [0.3, 0.4) is 0 Å². The summed E-state index contributed by atoms with van der Waals surface area (Å²) in [5, 5.41) is 0. The van der Waals surface area contributed by atoms with Crippen LogP contribution in [0.2, 0.25) is 0 Å². The third-order valence-corrected chi connectivity index (χ3v) is 2.74. The molecule has 1 saturated heterocycles. The minimum Gasteiger partial charge on any atom is -0.439 e. The van der Waals surface area contributed by atoms with E-state index in [0.717, 1.165) is 10.5 Å². The van der Waals surface area contributed by atoms with Gasteiger partial charge in [0.25, 0.3) is 0 Å². The first-order valence-corrected chi connectivity index (χ1v) is 5.16. The van der Waals surface area contributed by atoms with Crippen molar-refractivity contribution in [3.8, 4) is 0 Å². The third-order valence-electron chi connectivity index (χ3n) is 2.74. The Morgan fingerprint density at radius 2 is 1.94 bits per heavy atom. The van der Waals surface area contributed by atoms with Crippen LogP contribution in [0.4, 0.5) is 4.79 Å². The summed E-state index contributed by atoms with van der Waals surface area (Å²) in [6, 6.07) is 9.18. The lowest BCUT2D eigenvalue weighted by Gasteiger charge is -2.17. The van der Waals surface area contributed by atoms with E-state index in [4.69, 9.17) is 4.74 Å². The normalized spacial score (nSPS) is 24.4. The molecule has 0 aliphatic carbocycles. The lowest BCUT2D eigenvalue weighted by atomic mass is 10.0. The number of benzene rings is 1. The molecule has 2 atom stereocenters. The fourth-order valence-corrected chi connectivity index (χ4v) is 1.97. The zero-order valence-corrected chi connectivity index (χ0v) is 9.21. The highest BCUT2D eigenvalue weighted by Gasteiger charge is 2.41.